The van der Waals surface area contributed by atoms with E-state index in [0.717, 1.165) is 16.6 Å². The Hall–Kier alpha value is -2.17. The van der Waals surface area contributed by atoms with Crippen LogP contribution in [0.1, 0.15) is 37.9 Å². The first-order valence-electron chi connectivity index (χ1n) is 8.61. The summed E-state index contributed by atoms with van der Waals surface area (Å²) in [6.07, 6.45) is 0. The van der Waals surface area contributed by atoms with Gasteiger partial charge >= 0.3 is 0 Å². The largest absolute Gasteiger partial charge is 0.375 e. The fourth-order valence-electron chi connectivity index (χ4n) is 2.89. The van der Waals surface area contributed by atoms with Gasteiger partial charge in [0.25, 0.3) is 5.56 Å². The Balaban J connectivity index is 2.14. The van der Waals surface area contributed by atoms with Crippen LogP contribution in [0.4, 0.5) is 0 Å². The molecule has 136 valence electrons. The van der Waals surface area contributed by atoms with E-state index in [-0.39, 0.29) is 17.1 Å². The number of hydrogen-bond donors (Lipinski definition) is 0. The second-order valence-electron chi connectivity index (χ2n) is 7.38. The number of ether oxygens (including phenoxy) is 1. The van der Waals surface area contributed by atoms with E-state index in [1.165, 1.54) is 0 Å². The molecule has 1 atom stereocenters. The summed E-state index contributed by atoms with van der Waals surface area (Å²) < 4.78 is 7.67. The molecule has 3 rings (SSSR count). The molecule has 0 radical (unpaired) electrons. The maximum absolute atomic E-state index is 13.0. The third kappa shape index (κ3) is 3.97. The van der Waals surface area contributed by atoms with Crippen LogP contribution in [0.15, 0.2) is 53.3 Å². The number of fused-ring (bicyclic) bond motifs is 1. The number of halogens is 1. The molecule has 1 unspecified atom stereocenters. The Morgan fingerprint density at radius 2 is 1.77 bits per heavy atom. The van der Waals surface area contributed by atoms with Gasteiger partial charge < -0.3 is 9.30 Å². The number of aryl methyl sites for hydroxylation is 1. The minimum absolute atomic E-state index is 0.110. The zero-order valence-electron chi connectivity index (χ0n) is 15.5. The Kier molecular flexibility index (Phi) is 5.17. The molecular formula is C21H23ClN2O2. The summed E-state index contributed by atoms with van der Waals surface area (Å²) in [6.45, 7) is 6.36. The van der Waals surface area contributed by atoms with Gasteiger partial charge in [0.2, 0.25) is 0 Å². The summed E-state index contributed by atoms with van der Waals surface area (Å²) in [7, 11) is 1.78. The minimum Gasteiger partial charge on any atom is -0.375 e. The van der Waals surface area contributed by atoms with Crippen LogP contribution in [0.2, 0.25) is 5.02 Å². The van der Waals surface area contributed by atoms with E-state index in [4.69, 9.17) is 16.3 Å². The number of benzene rings is 2. The van der Waals surface area contributed by atoms with Gasteiger partial charge in [0, 0.05) is 12.1 Å². The van der Waals surface area contributed by atoms with Gasteiger partial charge in [-0.2, -0.15) is 0 Å². The van der Waals surface area contributed by atoms with Crippen LogP contribution in [0.5, 0.6) is 0 Å². The topological polar surface area (TPSA) is 44.1 Å². The molecule has 0 bridgehead atoms. The third-order valence-corrected chi connectivity index (χ3v) is 4.55. The number of rotatable bonds is 4. The smallest absolute Gasteiger partial charge is 0.273 e. The van der Waals surface area contributed by atoms with E-state index in [1.54, 1.807) is 11.6 Å². The zero-order chi connectivity index (χ0) is 18.9. The normalized spacial score (nSPS) is 13.1. The van der Waals surface area contributed by atoms with Crippen LogP contribution >= 0.6 is 11.6 Å². The molecule has 3 aromatic rings. The van der Waals surface area contributed by atoms with E-state index in [1.807, 2.05) is 69.3 Å². The average molecular weight is 371 g/mol. The molecular weight excluding hydrogens is 348 g/mol. The summed E-state index contributed by atoms with van der Waals surface area (Å²) in [5.41, 5.74) is 2.62. The molecule has 1 aromatic heterocycles. The van der Waals surface area contributed by atoms with Crippen molar-refractivity contribution >= 4 is 22.6 Å². The Bertz CT molecular complexity index is 972. The van der Waals surface area contributed by atoms with Crippen LogP contribution in [-0.4, -0.2) is 21.8 Å². The van der Waals surface area contributed by atoms with Crippen molar-refractivity contribution in [2.75, 3.05) is 6.61 Å². The van der Waals surface area contributed by atoms with Crippen LogP contribution in [0, 0.1) is 0 Å². The molecule has 0 aliphatic heterocycles. The lowest BCUT2D eigenvalue weighted by Gasteiger charge is -2.25. The lowest BCUT2D eigenvalue weighted by Crippen LogP contribution is -2.30. The molecule has 2 aromatic carbocycles. The van der Waals surface area contributed by atoms with E-state index in [9.17, 15) is 4.79 Å². The summed E-state index contributed by atoms with van der Waals surface area (Å²) in [5, 5.41) is 0.656. The van der Waals surface area contributed by atoms with Gasteiger partial charge in [-0.05, 0) is 50.6 Å². The molecule has 0 N–H and O–H groups in total. The molecule has 0 saturated carbocycles. The third-order valence-electron chi connectivity index (χ3n) is 4.29. The van der Waals surface area contributed by atoms with Crippen LogP contribution in [-0.2, 0) is 11.8 Å². The van der Waals surface area contributed by atoms with Gasteiger partial charge in [0.05, 0.1) is 29.2 Å². The van der Waals surface area contributed by atoms with Gasteiger partial charge in [-0.25, -0.2) is 4.98 Å². The van der Waals surface area contributed by atoms with Crippen molar-refractivity contribution in [2.24, 2.45) is 7.05 Å². The van der Waals surface area contributed by atoms with Crippen LogP contribution in [0.3, 0.4) is 0 Å². The molecule has 0 spiro atoms. The van der Waals surface area contributed by atoms with Gasteiger partial charge in [-0.15, -0.1) is 0 Å². The van der Waals surface area contributed by atoms with Crippen molar-refractivity contribution in [1.29, 1.82) is 0 Å². The minimum atomic E-state index is -0.313. The van der Waals surface area contributed by atoms with E-state index < -0.39 is 0 Å². The summed E-state index contributed by atoms with van der Waals surface area (Å²) in [4.78, 5) is 17.7. The molecule has 0 amide bonds. The number of aromatic nitrogens is 2. The highest BCUT2D eigenvalue weighted by Gasteiger charge is 2.24. The lowest BCUT2D eigenvalue weighted by atomic mass is 9.96. The van der Waals surface area contributed by atoms with E-state index >= 15 is 0 Å². The fourth-order valence-corrected chi connectivity index (χ4v) is 3.02. The maximum Gasteiger partial charge on any atom is 0.273 e. The molecule has 1 heterocycles. The van der Waals surface area contributed by atoms with Crippen molar-refractivity contribution in [2.45, 2.75) is 32.3 Å². The summed E-state index contributed by atoms with van der Waals surface area (Å²) >= 11 is 6.03. The van der Waals surface area contributed by atoms with Gasteiger partial charge in [-0.3, -0.25) is 4.79 Å². The molecule has 0 aliphatic carbocycles. The highest BCUT2D eigenvalue weighted by molar-refractivity contribution is 6.30. The number of nitrogens with zero attached hydrogens (tertiary/aromatic N) is 2. The highest BCUT2D eigenvalue weighted by atomic mass is 35.5. The number of hydrogen-bond acceptors (Lipinski definition) is 3. The molecule has 0 saturated heterocycles. The predicted molar refractivity (Wildman–Crippen MR) is 106 cm³/mol. The Morgan fingerprint density at radius 1 is 1.12 bits per heavy atom. The van der Waals surface area contributed by atoms with Gasteiger partial charge in [0.1, 0.15) is 5.69 Å². The SMILES string of the molecule is Cn1c(=O)c(C(COC(C)(C)C)c2ccc(Cl)cc2)nc2ccccc21. The first-order chi connectivity index (χ1) is 12.3. The summed E-state index contributed by atoms with van der Waals surface area (Å²) in [5.74, 6) is -0.269. The van der Waals surface area contributed by atoms with Crippen molar-refractivity contribution in [3.05, 3.63) is 75.2 Å². The molecule has 0 aliphatic rings. The standard InChI is InChI=1S/C21H23ClN2O2/c1-21(2,3)26-13-16(14-9-11-15(22)12-10-14)19-20(25)24(4)18-8-6-5-7-17(18)23-19/h5-12,16H,13H2,1-4H3. The van der Waals surface area contributed by atoms with Crippen molar-refractivity contribution < 1.29 is 4.74 Å². The monoisotopic (exact) mass is 370 g/mol. The Labute approximate surface area is 158 Å². The summed E-state index contributed by atoms with van der Waals surface area (Å²) in [6, 6.07) is 15.1. The van der Waals surface area contributed by atoms with Gasteiger partial charge in [0.15, 0.2) is 0 Å². The zero-order valence-corrected chi connectivity index (χ0v) is 16.2. The first kappa shape index (κ1) is 18.6. The van der Waals surface area contributed by atoms with Crippen molar-refractivity contribution in [3.63, 3.8) is 0 Å². The highest BCUT2D eigenvalue weighted by Crippen LogP contribution is 2.26. The predicted octanol–water partition coefficient (Wildman–Crippen LogP) is 4.53. The number of para-hydroxylation sites is 2. The second kappa shape index (κ2) is 7.22. The molecule has 4 nitrogen and oxygen atoms in total. The quantitative estimate of drug-likeness (QED) is 0.677. The van der Waals surface area contributed by atoms with Gasteiger partial charge in [-0.1, -0.05) is 35.9 Å². The van der Waals surface area contributed by atoms with E-state index in [0.29, 0.717) is 17.3 Å². The second-order valence-corrected chi connectivity index (χ2v) is 7.81. The fraction of sp³-hybridized carbons (Fsp3) is 0.333. The van der Waals surface area contributed by atoms with Crippen LogP contribution < -0.4 is 5.56 Å². The van der Waals surface area contributed by atoms with Crippen LogP contribution in [0.25, 0.3) is 11.0 Å². The van der Waals surface area contributed by atoms with Crippen molar-refractivity contribution in [3.8, 4) is 0 Å². The molecule has 5 heteroatoms. The lowest BCUT2D eigenvalue weighted by molar-refractivity contribution is -0.00716. The Morgan fingerprint density at radius 3 is 2.42 bits per heavy atom. The average Bonchev–Trinajstić information content (AvgIpc) is 2.59. The maximum atomic E-state index is 13.0. The van der Waals surface area contributed by atoms with Crippen molar-refractivity contribution in [1.82, 2.24) is 9.55 Å². The molecule has 0 fully saturated rings. The van der Waals surface area contributed by atoms with E-state index in [2.05, 4.69) is 4.98 Å². The molecule has 26 heavy (non-hydrogen) atoms. The first-order valence-corrected chi connectivity index (χ1v) is 8.99.